The largest absolute Gasteiger partial charge is 0.415 e. The number of rotatable bonds is 2. The molecule has 0 radical (unpaired) electrons. The lowest BCUT2D eigenvalue weighted by Crippen LogP contribution is -2.32. The number of hydrogen-bond acceptors (Lipinski definition) is 1. The summed E-state index contributed by atoms with van der Waals surface area (Å²) in [6.45, 7) is 6.85. The quantitative estimate of drug-likeness (QED) is 0.559. The van der Waals surface area contributed by atoms with Crippen LogP contribution in [0.1, 0.15) is 24.0 Å². The Hall–Kier alpha value is -0.603. The Labute approximate surface area is 100.0 Å². The molecule has 0 saturated carbocycles. The monoisotopic (exact) mass is 234 g/mol. The average molecular weight is 234 g/mol. The molecule has 0 unspecified atom stereocenters. The first kappa shape index (κ1) is 11.9. The van der Waals surface area contributed by atoms with Crippen molar-refractivity contribution in [3.63, 3.8) is 0 Å². The molecule has 1 aromatic carbocycles. The van der Waals surface area contributed by atoms with Gasteiger partial charge in [-0.3, -0.25) is 0 Å². The van der Waals surface area contributed by atoms with Crippen molar-refractivity contribution in [3.8, 4) is 0 Å². The molecular weight excluding hydrogens is 212 g/mol. The lowest BCUT2D eigenvalue weighted by molar-refractivity contribution is 0.177. The third-order valence-corrected chi connectivity index (χ3v) is 4.15. The second-order valence-corrected chi connectivity index (χ2v) is 10.2. The van der Waals surface area contributed by atoms with Gasteiger partial charge in [-0.15, -0.1) is 0 Å². The van der Waals surface area contributed by atoms with Crippen molar-refractivity contribution in [2.45, 2.75) is 51.4 Å². The van der Waals surface area contributed by atoms with Crippen LogP contribution in [0.5, 0.6) is 0 Å². The van der Waals surface area contributed by atoms with E-state index in [0.717, 1.165) is 0 Å². The lowest BCUT2D eigenvalue weighted by atomic mass is 10.0. The zero-order valence-electron chi connectivity index (χ0n) is 10.6. The number of fused-ring (bicyclic) bond motifs is 1. The van der Waals surface area contributed by atoms with Gasteiger partial charge in [0.1, 0.15) is 0 Å². The van der Waals surface area contributed by atoms with Crippen LogP contribution in [0.4, 0.5) is 0 Å². The first-order valence-corrected chi connectivity index (χ1v) is 9.70. The standard InChI is InChI=1S/C14H22OSi/c1-16(2,3)15-14-10-8-12-6-4-5-7-13(12)9-11-14/h4-7,14H,8-11H2,1-3H3. The molecule has 0 fully saturated rings. The van der Waals surface area contributed by atoms with Gasteiger partial charge in [-0.05, 0) is 56.5 Å². The van der Waals surface area contributed by atoms with Gasteiger partial charge >= 0.3 is 0 Å². The van der Waals surface area contributed by atoms with Crippen LogP contribution < -0.4 is 0 Å². The van der Waals surface area contributed by atoms with E-state index < -0.39 is 8.32 Å². The van der Waals surface area contributed by atoms with E-state index in [1.165, 1.54) is 36.8 Å². The zero-order chi connectivity index (χ0) is 11.6. The fourth-order valence-electron chi connectivity index (χ4n) is 2.44. The van der Waals surface area contributed by atoms with Crippen molar-refractivity contribution in [1.29, 1.82) is 0 Å². The Balaban J connectivity index is 2.02. The second-order valence-electron chi connectivity index (χ2n) is 5.70. The molecule has 0 aliphatic heterocycles. The third-order valence-electron chi connectivity index (χ3n) is 3.11. The van der Waals surface area contributed by atoms with Gasteiger partial charge < -0.3 is 4.43 Å². The van der Waals surface area contributed by atoms with Crippen LogP contribution in [-0.2, 0) is 17.3 Å². The molecule has 0 spiro atoms. The Bertz CT molecular complexity index is 327. The van der Waals surface area contributed by atoms with E-state index >= 15 is 0 Å². The van der Waals surface area contributed by atoms with E-state index in [0.29, 0.717) is 6.10 Å². The minimum absolute atomic E-state index is 0.485. The molecule has 0 saturated heterocycles. The molecule has 0 bridgehead atoms. The molecule has 0 aromatic heterocycles. The summed E-state index contributed by atoms with van der Waals surface area (Å²) < 4.78 is 6.23. The van der Waals surface area contributed by atoms with Crippen molar-refractivity contribution < 1.29 is 4.43 Å². The van der Waals surface area contributed by atoms with Crippen molar-refractivity contribution in [1.82, 2.24) is 0 Å². The van der Waals surface area contributed by atoms with Crippen LogP contribution in [-0.4, -0.2) is 14.4 Å². The third kappa shape index (κ3) is 3.19. The first-order chi connectivity index (χ1) is 7.54. The van der Waals surface area contributed by atoms with Crippen LogP contribution in [0.2, 0.25) is 19.6 Å². The highest BCUT2D eigenvalue weighted by atomic mass is 28.4. The Kier molecular flexibility index (Phi) is 3.50. The topological polar surface area (TPSA) is 9.23 Å². The van der Waals surface area contributed by atoms with Crippen molar-refractivity contribution in [2.75, 3.05) is 0 Å². The average Bonchev–Trinajstić information content (AvgIpc) is 2.39. The summed E-state index contributed by atoms with van der Waals surface area (Å²) in [5.41, 5.74) is 3.06. The van der Waals surface area contributed by atoms with Gasteiger partial charge in [-0.1, -0.05) is 24.3 Å². The van der Waals surface area contributed by atoms with Gasteiger partial charge in [0.15, 0.2) is 8.32 Å². The molecule has 1 aliphatic carbocycles. The van der Waals surface area contributed by atoms with E-state index in [4.69, 9.17) is 4.43 Å². The van der Waals surface area contributed by atoms with Gasteiger partial charge in [0.2, 0.25) is 0 Å². The molecule has 0 N–H and O–H groups in total. The molecule has 1 aromatic rings. The Morgan fingerprint density at radius 1 is 1.00 bits per heavy atom. The van der Waals surface area contributed by atoms with E-state index in [1.807, 2.05) is 0 Å². The normalized spacial score (nSPS) is 17.9. The Morgan fingerprint density at radius 2 is 1.50 bits per heavy atom. The van der Waals surface area contributed by atoms with E-state index in [2.05, 4.69) is 43.9 Å². The van der Waals surface area contributed by atoms with E-state index in [9.17, 15) is 0 Å². The molecule has 1 aliphatic rings. The van der Waals surface area contributed by atoms with E-state index in [-0.39, 0.29) is 0 Å². The molecule has 1 nitrogen and oxygen atoms in total. The minimum atomic E-state index is -1.37. The SMILES string of the molecule is C[Si](C)(C)OC1CCc2ccccc2CC1. The number of aryl methyl sites for hydroxylation is 2. The van der Waals surface area contributed by atoms with Gasteiger partial charge in [0.25, 0.3) is 0 Å². The summed E-state index contributed by atoms with van der Waals surface area (Å²) in [5, 5.41) is 0. The second kappa shape index (κ2) is 4.72. The van der Waals surface area contributed by atoms with Crippen molar-refractivity contribution >= 4 is 8.32 Å². The first-order valence-electron chi connectivity index (χ1n) is 6.29. The highest BCUT2D eigenvalue weighted by molar-refractivity contribution is 6.69. The molecule has 88 valence electrons. The van der Waals surface area contributed by atoms with Crippen LogP contribution in [0, 0.1) is 0 Å². The minimum Gasteiger partial charge on any atom is -0.415 e. The Morgan fingerprint density at radius 3 is 1.94 bits per heavy atom. The van der Waals surface area contributed by atoms with Crippen LogP contribution in [0.25, 0.3) is 0 Å². The summed E-state index contributed by atoms with van der Waals surface area (Å²) in [4.78, 5) is 0. The summed E-state index contributed by atoms with van der Waals surface area (Å²) in [7, 11) is -1.37. The van der Waals surface area contributed by atoms with Crippen molar-refractivity contribution in [2.24, 2.45) is 0 Å². The van der Waals surface area contributed by atoms with Gasteiger partial charge in [-0.25, -0.2) is 0 Å². The van der Waals surface area contributed by atoms with Gasteiger partial charge in [-0.2, -0.15) is 0 Å². The lowest BCUT2D eigenvalue weighted by Gasteiger charge is -2.25. The highest BCUT2D eigenvalue weighted by Gasteiger charge is 2.23. The molecule has 2 heteroatoms. The van der Waals surface area contributed by atoms with Crippen LogP contribution >= 0.6 is 0 Å². The number of benzene rings is 1. The maximum absolute atomic E-state index is 6.23. The summed E-state index contributed by atoms with van der Waals surface area (Å²) in [5.74, 6) is 0. The van der Waals surface area contributed by atoms with E-state index in [1.54, 1.807) is 0 Å². The summed E-state index contributed by atoms with van der Waals surface area (Å²) in [6.07, 6.45) is 5.25. The zero-order valence-corrected chi connectivity index (χ0v) is 11.6. The fourth-order valence-corrected chi connectivity index (χ4v) is 3.68. The molecule has 2 rings (SSSR count). The number of hydrogen-bond donors (Lipinski definition) is 0. The van der Waals surface area contributed by atoms with Crippen LogP contribution in [0.3, 0.4) is 0 Å². The van der Waals surface area contributed by atoms with Crippen molar-refractivity contribution in [3.05, 3.63) is 35.4 Å². The molecule has 0 amide bonds. The highest BCUT2D eigenvalue weighted by Crippen LogP contribution is 2.24. The van der Waals surface area contributed by atoms with Gasteiger partial charge in [0, 0.05) is 6.10 Å². The smallest absolute Gasteiger partial charge is 0.184 e. The molecule has 0 atom stereocenters. The molecular formula is C14H22OSi. The maximum Gasteiger partial charge on any atom is 0.184 e. The molecule has 0 heterocycles. The molecule has 16 heavy (non-hydrogen) atoms. The van der Waals surface area contributed by atoms with Crippen LogP contribution in [0.15, 0.2) is 24.3 Å². The maximum atomic E-state index is 6.23. The predicted molar refractivity (Wildman–Crippen MR) is 71.3 cm³/mol. The predicted octanol–water partition coefficient (Wildman–Crippen LogP) is 3.79. The summed E-state index contributed by atoms with van der Waals surface area (Å²) in [6, 6.07) is 8.84. The van der Waals surface area contributed by atoms with Gasteiger partial charge in [0.05, 0.1) is 0 Å². The summed E-state index contributed by atoms with van der Waals surface area (Å²) >= 11 is 0. The fraction of sp³-hybridized carbons (Fsp3) is 0.571.